The summed E-state index contributed by atoms with van der Waals surface area (Å²) in [5, 5.41) is 8.38. The smallest absolute Gasteiger partial charge is 0.335 e. The van der Waals surface area contributed by atoms with E-state index in [9.17, 15) is 4.79 Å². The van der Waals surface area contributed by atoms with Gasteiger partial charge in [0.2, 0.25) is 0 Å². The zero-order chi connectivity index (χ0) is 28.4. The number of fused-ring (bicyclic) bond motifs is 6. The lowest BCUT2D eigenvalue weighted by Crippen LogP contribution is -2.86. The molecule has 1 aromatic carbocycles. The SMILES string of the molecule is CC1CCC2CC1(C1(C)CCC3CC1(C14CC(CCC1C)C4(C)C)C3(C)C)C2(C)C.O=C(O)c1ccccc1. The molecule has 2 nitrogen and oxygen atoms in total. The lowest BCUT2D eigenvalue weighted by atomic mass is 9.12. The van der Waals surface area contributed by atoms with E-state index in [-0.39, 0.29) is 0 Å². The van der Waals surface area contributed by atoms with E-state index in [0.29, 0.717) is 43.5 Å². The van der Waals surface area contributed by atoms with Crippen molar-refractivity contribution in [3.05, 3.63) is 35.9 Å². The molecule has 1 aromatic rings. The molecular formula is C37H56O2. The highest BCUT2D eigenvalue weighted by atomic mass is 16.4. The maximum Gasteiger partial charge on any atom is 0.335 e. The van der Waals surface area contributed by atoms with Crippen LogP contribution in [0.1, 0.15) is 130 Å². The summed E-state index contributed by atoms with van der Waals surface area (Å²) >= 11 is 0. The van der Waals surface area contributed by atoms with Crippen molar-refractivity contribution in [3.8, 4) is 0 Å². The Balaban J connectivity index is 0.000000263. The average Bonchev–Trinajstić information content (AvgIpc) is 2.89. The minimum absolute atomic E-state index is 0.331. The van der Waals surface area contributed by atoms with Crippen LogP contribution in [0.15, 0.2) is 30.3 Å². The monoisotopic (exact) mass is 532 g/mol. The molecule has 9 saturated carbocycles. The summed E-state index contributed by atoms with van der Waals surface area (Å²) in [6, 6.07) is 8.30. The van der Waals surface area contributed by atoms with Gasteiger partial charge in [-0.2, -0.15) is 0 Å². The number of carboxylic acid groups (broad SMARTS) is 1. The molecule has 6 bridgehead atoms. The molecule has 10 rings (SSSR count). The number of aromatic carboxylic acids is 1. The first-order chi connectivity index (χ1) is 18.1. The summed E-state index contributed by atoms with van der Waals surface area (Å²) in [4.78, 5) is 10.2. The number of carboxylic acids is 1. The molecule has 0 radical (unpaired) electrons. The summed E-state index contributed by atoms with van der Waals surface area (Å²) in [5.74, 6) is 3.90. The highest BCUT2D eigenvalue weighted by Crippen LogP contribution is 2.94. The van der Waals surface area contributed by atoms with E-state index in [1.54, 1.807) is 49.6 Å². The molecular weight excluding hydrogens is 476 g/mol. The van der Waals surface area contributed by atoms with Gasteiger partial charge in [-0.15, -0.1) is 0 Å². The summed E-state index contributed by atoms with van der Waals surface area (Å²) in [7, 11) is 0. The van der Waals surface area contributed by atoms with Crippen molar-refractivity contribution in [2.45, 2.75) is 120 Å². The van der Waals surface area contributed by atoms with Gasteiger partial charge in [0.25, 0.3) is 0 Å². The molecule has 2 heteroatoms. The van der Waals surface area contributed by atoms with Gasteiger partial charge in [0.15, 0.2) is 0 Å². The first kappa shape index (κ1) is 27.8. The number of rotatable bonds is 3. The minimum atomic E-state index is -0.879. The first-order valence-electron chi connectivity index (χ1n) is 16.4. The van der Waals surface area contributed by atoms with Crippen molar-refractivity contribution in [3.63, 3.8) is 0 Å². The molecule has 0 spiro atoms. The van der Waals surface area contributed by atoms with Crippen LogP contribution in [0.5, 0.6) is 0 Å². The van der Waals surface area contributed by atoms with Crippen LogP contribution >= 0.6 is 0 Å². The van der Waals surface area contributed by atoms with Crippen LogP contribution < -0.4 is 0 Å². The number of carbonyl (C=O) groups is 1. The van der Waals surface area contributed by atoms with Crippen molar-refractivity contribution < 1.29 is 9.90 Å². The lowest BCUT2D eigenvalue weighted by Gasteiger charge is -2.92. The normalized spacial score (nSPS) is 49.2. The Morgan fingerprint density at radius 3 is 1.56 bits per heavy atom. The van der Waals surface area contributed by atoms with E-state index in [2.05, 4.69) is 62.3 Å². The van der Waals surface area contributed by atoms with Crippen LogP contribution in [0.4, 0.5) is 0 Å². The molecule has 39 heavy (non-hydrogen) atoms. The lowest BCUT2D eigenvalue weighted by molar-refractivity contribution is -0.441. The zero-order valence-corrected chi connectivity index (χ0v) is 26.5. The summed E-state index contributed by atoms with van der Waals surface area (Å²) in [5.41, 5.74) is 4.11. The Bertz CT molecular complexity index is 1150. The van der Waals surface area contributed by atoms with Crippen molar-refractivity contribution in [2.75, 3.05) is 0 Å². The second kappa shape index (κ2) is 8.16. The fraction of sp³-hybridized carbons (Fsp3) is 0.811. The Labute approximate surface area is 239 Å². The van der Waals surface area contributed by atoms with Gasteiger partial charge in [0, 0.05) is 0 Å². The van der Waals surface area contributed by atoms with E-state index in [4.69, 9.17) is 5.11 Å². The van der Waals surface area contributed by atoms with Crippen LogP contribution in [-0.2, 0) is 0 Å². The molecule has 216 valence electrons. The molecule has 9 aliphatic rings. The maximum atomic E-state index is 10.2. The molecule has 9 aliphatic carbocycles. The fourth-order valence-electron chi connectivity index (χ4n) is 14.5. The Kier molecular flexibility index (Phi) is 5.82. The molecule has 9 fully saturated rings. The molecule has 0 aliphatic heterocycles. The fourth-order valence-corrected chi connectivity index (χ4v) is 14.5. The van der Waals surface area contributed by atoms with Crippen LogP contribution in [0.3, 0.4) is 0 Å². The second-order valence-corrected chi connectivity index (χ2v) is 17.2. The molecule has 0 amide bonds. The zero-order valence-electron chi connectivity index (χ0n) is 26.5. The molecule has 0 saturated heterocycles. The molecule has 0 heterocycles. The topological polar surface area (TPSA) is 37.3 Å². The van der Waals surface area contributed by atoms with Crippen LogP contribution in [0.2, 0.25) is 0 Å². The van der Waals surface area contributed by atoms with Crippen molar-refractivity contribution in [1.29, 1.82) is 0 Å². The van der Waals surface area contributed by atoms with Crippen molar-refractivity contribution in [1.82, 2.24) is 0 Å². The van der Waals surface area contributed by atoms with Crippen LogP contribution in [-0.4, -0.2) is 11.1 Å². The predicted molar refractivity (Wildman–Crippen MR) is 161 cm³/mol. The van der Waals surface area contributed by atoms with Crippen molar-refractivity contribution in [2.24, 2.45) is 67.5 Å². The van der Waals surface area contributed by atoms with Crippen molar-refractivity contribution >= 4 is 5.97 Å². The molecule has 0 aromatic heterocycles. The summed E-state index contributed by atoms with van der Waals surface area (Å²) in [6.07, 6.45) is 13.7. The van der Waals surface area contributed by atoms with Gasteiger partial charge in [0.1, 0.15) is 0 Å². The third-order valence-corrected chi connectivity index (χ3v) is 16.4. The van der Waals surface area contributed by atoms with E-state index in [1.165, 1.54) is 38.5 Å². The molecule has 9 unspecified atom stereocenters. The summed E-state index contributed by atoms with van der Waals surface area (Å²) in [6.45, 7) is 24.7. The maximum absolute atomic E-state index is 10.2. The van der Waals surface area contributed by atoms with Gasteiger partial charge >= 0.3 is 5.97 Å². The predicted octanol–water partition coefficient (Wildman–Crippen LogP) is 10.1. The second-order valence-electron chi connectivity index (χ2n) is 17.2. The van der Waals surface area contributed by atoms with Gasteiger partial charge in [-0.25, -0.2) is 4.79 Å². The number of benzene rings is 1. The van der Waals surface area contributed by atoms with Gasteiger partial charge in [-0.3, -0.25) is 0 Å². The van der Waals surface area contributed by atoms with E-state index in [0.717, 1.165) is 29.6 Å². The third-order valence-electron chi connectivity index (χ3n) is 16.4. The summed E-state index contributed by atoms with van der Waals surface area (Å²) < 4.78 is 0. The van der Waals surface area contributed by atoms with E-state index in [1.807, 2.05) is 0 Å². The number of hydrogen-bond acceptors (Lipinski definition) is 1. The van der Waals surface area contributed by atoms with E-state index < -0.39 is 5.97 Å². The quantitative estimate of drug-likeness (QED) is 0.420. The first-order valence-corrected chi connectivity index (χ1v) is 16.4. The standard InChI is InChI=1S/C30H50.C7H6O2/c1-19-10-12-21-16-28(19,24(21,3)4)27(9)15-14-23-18-30(27,26(23,7)8)29-17-22(25(29,5)6)13-11-20(29)2;8-7(9)6-4-2-1-3-5-6/h19-23H,10-18H2,1-9H3;1-5H,(H,8,9). The van der Waals surface area contributed by atoms with Gasteiger partial charge in [0.05, 0.1) is 5.56 Å². The van der Waals surface area contributed by atoms with Crippen LogP contribution in [0.25, 0.3) is 0 Å². The van der Waals surface area contributed by atoms with Gasteiger partial charge < -0.3 is 5.11 Å². The highest BCUT2D eigenvalue weighted by molar-refractivity contribution is 5.87. The van der Waals surface area contributed by atoms with E-state index >= 15 is 0 Å². The highest BCUT2D eigenvalue weighted by Gasteiger charge is 2.88. The molecule has 9 atom stereocenters. The van der Waals surface area contributed by atoms with Gasteiger partial charge in [-0.1, -0.05) is 80.5 Å². The third kappa shape index (κ3) is 2.79. The minimum Gasteiger partial charge on any atom is -0.478 e. The number of hydrogen-bond donors (Lipinski definition) is 1. The Hall–Kier alpha value is -1.31. The average molecular weight is 533 g/mol. The Morgan fingerprint density at radius 1 is 0.667 bits per heavy atom. The Morgan fingerprint density at radius 2 is 1.15 bits per heavy atom. The molecule has 1 N–H and O–H groups in total. The van der Waals surface area contributed by atoms with Gasteiger partial charge in [-0.05, 0) is 137 Å². The largest absolute Gasteiger partial charge is 0.478 e. The van der Waals surface area contributed by atoms with Crippen LogP contribution in [0, 0.1) is 67.5 Å².